The fourth-order valence-corrected chi connectivity index (χ4v) is 2.20. The van der Waals surface area contributed by atoms with Gasteiger partial charge >= 0.3 is 5.97 Å². The fraction of sp³-hybridized carbons (Fsp3) is 0.278. The molecule has 0 aromatic carbocycles. The van der Waals surface area contributed by atoms with Crippen LogP contribution in [0.2, 0.25) is 0 Å². The van der Waals surface area contributed by atoms with E-state index in [9.17, 15) is 14.7 Å². The average molecular weight is 356 g/mol. The zero-order valence-corrected chi connectivity index (χ0v) is 14.8. The second-order valence-corrected chi connectivity index (χ2v) is 5.41. The van der Waals surface area contributed by atoms with Crippen molar-refractivity contribution in [2.75, 3.05) is 11.9 Å². The van der Waals surface area contributed by atoms with Crippen LogP contribution in [0.15, 0.2) is 52.5 Å². The van der Waals surface area contributed by atoms with E-state index in [1.807, 2.05) is 13.8 Å². The molecular weight excluding hydrogens is 336 g/mol. The Kier molecular flexibility index (Phi) is 6.37. The van der Waals surface area contributed by atoms with Crippen molar-refractivity contribution in [1.29, 1.82) is 0 Å². The Labute approximate surface area is 151 Å². The molecule has 1 heterocycles. The first-order chi connectivity index (χ1) is 12.4. The number of allylic oxidation sites excluding steroid dienone is 3. The number of anilines is 1. The quantitative estimate of drug-likeness (QED) is 0.809. The van der Waals surface area contributed by atoms with Crippen LogP contribution in [0.3, 0.4) is 0 Å². The van der Waals surface area contributed by atoms with Gasteiger partial charge in [-0.1, -0.05) is 13.0 Å². The van der Waals surface area contributed by atoms with Crippen molar-refractivity contribution in [3.8, 4) is 5.88 Å². The third-order valence-electron chi connectivity index (χ3n) is 3.31. The number of hydrogen-bond donors (Lipinski definition) is 2. The first-order valence-corrected chi connectivity index (χ1v) is 8.10. The van der Waals surface area contributed by atoms with Crippen LogP contribution in [0.5, 0.6) is 5.88 Å². The molecule has 0 aliphatic heterocycles. The number of ether oxygens (including phenoxy) is 1. The number of carbonyl (C=O) groups excluding carboxylic acids is 1. The highest BCUT2D eigenvalue weighted by Crippen LogP contribution is 2.25. The first kappa shape index (κ1) is 19.0. The van der Waals surface area contributed by atoms with Crippen LogP contribution >= 0.6 is 0 Å². The van der Waals surface area contributed by atoms with Crippen molar-refractivity contribution >= 4 is 23.4 Å². The van der Waals surface area contributed by atoms with Crippen molar-refractivity contribution in [3.63, 3.8) is 0 Å². The van der Waals surface area contributed by atoms with Gasteiger partial charge < -0.3 is 15.2 Å². The SMILES string of the molecule is C/C=C1/C(Oc2cnc(NC(C)=O)cn2)=CC(C(=O)O)=CC1=NCCC. The molecule has 0 fully saturated rings. The number of nitrogens with zero attached hydrogens (tertiary/aromatic N) is 3. The van der Waals surface area contributed by atoms with Crippen LogP contribution in [0.1, 0.15) is 27.2 Å². The summed E-state index contributed by atoms with van der Waals surface area (Å²) in [5.41, 5.74) is 1.30. The summed E-state index contributed by atoms with van der Waals surface area (Å²) in [7, 11) is 0. The summed E-state index contributed by atoms with van der Waals surface area (Å²) in [6.45, 7) is 5.76. The van der Waals surface area contributed by atoms with Crippen LogP contribution in [0.25, 0.3) is 0 Å². The van der Waals surface area contributed by atoms with Crippen LogP contribution in [0, 0.1) is 0 Å². The lowest BCUT2D eigenvalue weighted by Crippen LogP contribution is -2.17. The Bertz CT molecular complexity index is 820. The number of aromatic nitrogens is 2. The average Bonchev–Trinajstić information content (AvgIpc) is 2.60. The second kappa shape index (κ2) is 8.70. The van der Waals surface area contributed by atoms with E-state index >= 15 is 0 Å². The Morgan fingerprint density at radius 1 is 1.31 bits per heavy atom. The van der Waals surface area contributed by atoms with Crippen molar-refractivity contribution in [2.45, 2.75) is 27.2 Å². The first-order valence-electron chi connectivity index (χ1n) is 8.10. The van der Waals surface area contributed by atoms with E-state index < -0.39 is 5.97 Å². The molecule has 8 heteroatoms. The molecule has 1 aliphatic rings. The van der Waals surface area contributed by atoms with E-state index in [-0.39, 0.29) is 17.4 Å². The summed E-state index contributed by atoms with van der Waals surface area (Å²) in [6.07, 6.45) is 8.29. The molecule has 1 aromatic heterocycles. The number of hydrogen-bond acceptors (Lipinski definition) is 6. The monoisotopic (exact) mass is 356 g/mol. The third kappa shape index (κ3) is 4.85. The number of aliphatic imine (C=N–C) groups is 1. The number of carboxylic acid groups (broad SMARTS) is 1. The van der Waals surface area contributed by atoms with Crippen molar-refractivity contribution < 1.29 is 19.4 Å². The fourth-order valence-electron chi connectivity index (χ4n) is 2.20. The maximum atomic E-state index is 11.4. The van der Waals surface area contributed by atoms with Gasteiger partial charge in [-0.15, -0.1) is 0 Å². The number of rotatable bonds is 6. The molecule has 0 bridgehead atoms. The van der Waals surface area contributed by atoms with Gasteiger partial charge in [0.25, 0.3) is 0 Å². The van der Waals surface area contributed by atoms with Gasteiger partial charge in [-0.05, 0) is 25.5 Å². The minimum atomic E-state index is -1.07. The summed E-state index contributed by atoms with van der Waals surface area (Å²) < 4.78 is 5.73. The number of nitrogens with one attached hydrogen (secondary N) is 1. The molecule has 2 rings (SSSR count). The van der Waals surface area contributed by atoms with Gasteiger partial charge in [-0.2, -0.15) is 0 Å². The number of amides is 1. The minimum absolute atomic E-state index is 0.0725. The van der Waals surface area contributed by atoms with Crippen molar-refractivity contribution in [2.24, 2.45) is 4.99 Å². The lowest BCUT2D eigenvalue weighted by Gasteiger charge is -2.18. The van der Waals surface area contributed by atoms with Crippen molar-refractivity contribution in [3.05, 3.63) is 47.5 Å². The molecular formula is C18H20N4O4. The summed E-state index contributed by atoms with van der Waals surface area (Å²) >= 11 is 0. The van der Waals surface area contributed by atoms with Crippen LogP contribution < -0.4 is 10.1 Å². The molecule has 8 nitrogen and oxygen atoms in total. The molecule has 1 amide bonds. The number of aliphatic carboxylic acids is 1. The van der Waals surface area contributed by atoms with E-state index in [0.29, 0.717) is 29.4 Å². The van der Waals surface area contributed by atoms with E-state index in [2.05, 4.69) is 20.3 Å². The lowest BCUT2D eigenvalue weighted by atomic mass is 9.98. The number of carbonyl (C=O) groups is 2. The van der Waals surface area contributed by atoms with E-state index in [1.54, 1.807) is 6.08 Å². The van der Waals surface area contributed by atoms with Gasteiger partial charge in [0.15, 0.2) is 5.82 Å². The molecule has 0 radical (unpaired) electrons. The highest BCUT2D eigenvalue weighted by atomic mass is 16.5. The largest absolute Gasteiger partial charge is 0.478 e. The predicted molar refractivity (Wildman–Crippen MR) is 97.1 cm³/mol. The van der Waals surface area contributed by atoms with Gasteiger partial charge in [-0.25, -0.2) is 14.8 Å². The second-order valence-electron chi connectivity index (χ2n) is 5.41. The van der Waals surface area contributed by atoms with Crippen LogP contribution in [-0.2, 0) is 9.59 Å². The maximum Gasteiger partial charge on any atom is 0.335 e. The van der Waals surface area contributed by atoms with Crippen LogP contribution in [0.4, 0.5) is 5.82 Å². The molecule has 2 N–H and O–H groups in total. The Hall–Kier alpha value is -3.29. The van der Waals surface area contributed by atoms with Gasteiger partial charge in [0, 0.05) is 19.0 Å². The van der Waals surface area contributed by atoms with E-state index in [0.717, 1.165) is 6.42 Å². The Balaban J connectivity index is 2.31. The summed E-state index contributed by atoms with van der Waals surface area (Å²) in [4.78, 5) is 35.0. The van der Waals surface area contributed by atoms with E-state index in [1.165, 1.54) is 31.5 Å². The molecule has 0 atom stereocenters. The van der Waals surface area contributed by atoms with Gasteiger partial charge in [0.2, 0.25) is 11.8 Å². The Morgan fingerprint density at radius 2 is 2.08 bits per heavy atom. The zero-order chi connectivity index (χ0) is 19.1. The Morgan fingerprint density at radius 3 is 2.62 bits per heavy atom. The molecule has 0 unspecified atom stereocenters. The lowest BCUT2D eigenvalue weighted by molar-refractivity contribution is -0.132. The number of carboxylic acids is 1. The summed E-state index contributed by atoms with van der Waals surface area (Å²) in [6, 6.07) is 0. The summed E-state index contributed by atoms with van der Waals surface area (Å²) in [5, 5.41) is 11.8. The molecule has 26 heavy (non-hydrogen) atoms. The zero-order valence-electron chi connectivity index (χ0n) is 14.8. The van der Waals surface area contributed by atoms with Crippen LogP contribution in [-0.4, -0.2) is 39.2 Å². The molecule has 1 aliphatic carbocycles. The molecule has 136 valence electrons. The van der Waals surface area contributed by atoms with Gasteiger partial charge in [0.05, 0.1) is 23.7 Å². The van der Waals surface area contributed by atoms with E-state index in [4.69, 9.17) is 4.74 Å². The van der Waals surface area contributed by atoms with Gasteiger partial charge in [-0.3, -0.25) is 9.79 Å². The summed E-state index contributed by atoms with van der Waals surface area (Å²) in [5.74, 6) is -0.537. The smallest absolute Gasteiger partial charge is 0.335 e. The standard InChI is InChI=1S/C18H20N4O4/c1-4-6-19-14-7-12(18(24)25)8-15(13(14)5-2)26-17-10-20-16(9-21-17)22-11(3)23/h5,7-10H,4,6H2,1-3H3,(H,24,25)(H,20,22,23)/b13-5+,19-14?. The van der Waals surface area contributed by atoms with Gasteiger partial charge in [0.1, 0.15) is 5.76 Å². The highest BCUT2D eigenvalue weighted by Gasteiger charge is 2.22. The minimum Gasteiger partial charge on any atom is -0.478 e. The third-order valence-corrected chi connectivity index (χ3v) is 3.31. The molecule has 1 aromatic rings. The molecule has 0 saturated heterocycles. The molecule has 0 saturated carbocycles. The highest BCUT2D eigenvalue weighted by molar-refractivity contribution is 6.16. The molecule has 0 spiro atoms. The maximum absolute atomic E-state index is 11.4. The van der Waals surface area contributed by atoms with Crippen molar-refractivity contribution in [1.82, 2.24) is 9.97 Å². The predicted octanol–water partition coefficient (Wildman–Crippen LogP) is 2.52. The topological polar surface area (TPSA) is 114 Å². The normalized spacial score (nSPS) is 16.9.